The van der Waals surface area contributed by atoms with Crippen LogP contribution in [0.3, 0.4) is 0 Å². The summed E-state index contributed by atoms with van der Waals surface area (Å²) in [5.41, 5.74) is 7.23. The third-order valence-corrected chi connectivity index (χ3v) is 4.19. The van der Waals surface area contributed by atoms with Crippen molar-refractivity contribution in [3.05, 3.63) is 34.1 Å². The van der Waals surface area contributed by atoms with Crippen molar-refractivity contribution in [2.24, 2.45) is 17.6 Å². The van der Waals surface area contributed by atoms with E-state index in [1.807, 2.05) is 6.07 Å². The van der Waals surface area contributed by atoms with Crippen LogP contribution in [0.1, 0.15) is 31.7 Å². The van der Waals surface area contributed by atoms with Crippen molar-refractivity contribution in [3.63, 3.8) is 0 Å². The first-order valence-corrected chi connectivity index (χ1v) is 7.04. The minimum atomic E-state index is -0.193. The normalized spacial score (nSPS) is 26.1. The molecule has 3 unspecified atom stereocenters. The van der Waals surface area contributed by atoms with Crippen LogP contribution in [0.15, 0.2) is 22.7 Å². The van der Waals surface area contributed by atoms with E-state index in [-0.39, 0.29) is 11.9 Å². The van der Waals surface area contributed by atoms with Crippen molar-refractivity contribution in [2.75, 3.05) is 0 Å². The number of hydrogen-bond donors (Lipinski definition) is 1. The fourth-order valence-electron chi connectivity index (χ4n) is 2.81. The second-order valence-electron chi connectivity index (χ2n) is 5.32. The summed E-state index contributed by atoms with van der Waals surface area (Å²) in [7, 11) is 0. The second-order valence-corrected chi connectivity index (χ2v) is 6.24. The quantitative estimate of drug-likeness (QED) is 0.900. The molecule has 2 rings (SSSR count). The second kappa shape index (κ2) is 5.49. The zero-order valence-electron chi connectivity index (χ0n) is 10.1. The van der Waals surface area contributed by atoms with Crippen molar-refractivity contribution in [3.8, 4) is 0 Å². The van der Waals surface area contributed by atoms with E-state index in [2.05, 4.69) is 22.9 Å². The van der Waals surface area contributed by atoms with Crippen LogP contribution >= 0.6 is 15.9 Å². The molecule has 0 saturated heterocycles. The highest BCUT2D eigenvalue weighted by atomic mass is 79.9. The smallest absolute Gasteiger partial charge is 0.124 e. The molecule has 1 aromatic rings. The zero-order valence-corrected chi connectivity index (χ0v) is 11.7. The molecule has 1 fully saturated rings. The van der Waals surface area contributed by atoms with E-state index in [4.69, 9.17) is 5.73 Å². The van der Waals surface area contributed by atoms with Gasteiger partial charge in [0.05, 0.1) is 0 Å². The molecule has 1 aliphatic carbocycles. The Morgan fingerprint density at radius 1 is 1.41 bits per heavy atom. The first kappa shape index (κ1) is 13.0. The molecule has 94 valence electrons. The van der Waals surface area contributed by atoms with Gasteiger partial charge in [-0.15, -0.1) is 0 Å². The third kappa shape index (κ3) is 3.52. The van der Waals surface area contributed by atoms with Crippen molar-refractivity contribution >= 4 is 15.9 Å². The minimum Gasteiger partial charge on any atom is -0.327 e. The summed E-state index contributed by atoms with van der Waals surface area (Å²) in [5, 5.41) is 0. The van der Waals surface area contributed by atoms with Gasteiger partial charge in [0.1, 0.15) is 5.82 Å². The highest BCUT2D eigenvalue weighted by Gasteiger charge is 2.26. The highest BCUT2D eigenvalue weighted by Crippen LogP contribution is 2.33. The fraction of sp³-hybridized carbons (Fsp3) is 0.571. The van der Waals surface area contributed by atoms with Gasteiger partial charge in [-0.2, -0.15) is 0 Å². The average molecular weight is 300 g/mol. The topological polar surface area (TPSA) is 26.0 Å². The number of hydrogen-bond acceptors (Lipinski definition) is 1. The molecule has 3 heteroatoms. The van der Waals surface area contributed by atoms with Crippen molar-refractivity contribution in [1.82, 2.24) is 0 Å². The molecule has 0 bridgehead atoms. The minimum absolute atomic E-state index is 0.161. The summed E-state index contributed by atoms with van der Waals surface area (Å²) in [4.78, 5) is 0. The van der Waals surface area contributed by atoms with Gasteiger partial charge >= 0.3 is 0 Å². The first-order chi connectivity index (χ1) is 8.04. The Hall–Kier alpha value is -0.410. The van der Waals surface area contributed by atoms with E-state index in [1.165, 1.54) is 25.3 Å². The summed E-state index contributed by atoms with van der Waals surface area (Å²) in [6.07, 6.45) is 4.50. The Labute approximate surface area is 111 Å². The summed E-state index contributed by atoms with van der Waals surface area (Å²) < 4.78 is 14.0. The number of benzene rings is 1. The number of halogens is 2. The van der Waals surface area contributed by atoms with Gasteiger partial charge in [-0.1, -0.05) is 29.3 Å². The maximum Gasteiger partial charge on any atom is 0.124 e. The molecule has 3 atom stereocenters. The molecule has 0 amide bonds. The first-order valence-electron chi connectivity index (χ1n) is 6.25. The van der Waals surface area contributed by atoms with Crippen LogP contribution in [0.4, 0.5) is 4.39 Å². The van der Waals surface area contributed by atoms with E-state index < -0.39 is 0 Å². The Balaban J connectivity index is 2.00. The van der Waals surface area contributed by atoms with Crippen LogP contribution in [0.2, 0.25) is 0 Å². The molecule has 1 saturated carbocycles. The lowest BCUT2D eigenvalue weighted by Crippen LogP contribution is -2.30. The summed E-state index contributed by atoms with van der Waals surface area (Å²) in [6.45, 7) is 2.28. The maximum atomic E-state index is 13.2. The van der Waals surface area contributed by atoms with Crippen LogP contribution in [0.5, 0.6) is 0 Å². The van der Waals surface area contributed by atoms with E-state index in [0.717, 1.165) is 22.4 Å². The Bertz CT molecular complexity index is 374. The lowest BCUT2D eigenvalue weighted by molar-refractivity contribution is 0.415. The number of rotatable bonds is 3. The van der Waals surface area contributed by atoms with Crippen molar-refractivity contribution in [2.45, 2.75) is 38.6 Å². The molecule has 0 aromatic heterocycles. The van der Waals surface area contributed by atoms with E-state index in [9.17, 15) is 4.39 Å². The summed E-state index contributed by atoms with van der Waals surface area (Å²) in [6, 6.07) is 5.19. The van der Waals surface area contributed by atoms with Gasteiger partial charge in [0, 0.05) is 10.5 Å². The van der Waals surface area contributed by atoms with Crippen LogP contribution in [0, 0.1) is 17.7 Å². The summed E-state index contributed by atoms with van der Waals surface area (Å²) >= 11 is 3.32. The molecule has 17 heavy (non-hydrogen) atoms. The predicted octanol–water partition coefficient (Wildman–Crippen LogP) is 3.89. The van der Waals surface area contributed by atoms with Gasteiger partial charge in [0.2, 0.25) is 0 Å². The van der Waals surface area contributed by atoms with E-state index in [0.29, 0.717) is 5.92 Å². The van der Waals surface area contributed by atoms with Gasteiger partial charge in [-0.05, 0) is 54.9 Å². The molecular formula is C14H19BrFN. The Morgan fingerprint density at radius 2 is 2.18 bits per heavy atom. The molecule has 0 spiro atoms. The van der Waals surface area contributed by atoms with Crippen molar-refractivity contribution in [1.29, 1.82) is 0 Å². The standard InChI is InChI=1S/C14H19BrFN/c1-9-2-3-11(4-9)14(17)7-10-5-12(15)8-13(16)6-10/h5-6,8-9,11,14H,2-4,7,17H2,1H3. The number of nitrogens with two attached hydrogens (primary N) is 1. The average Bonchev–Trinajstić information content (AvgIpc) is 2.63. The predicted molar refractivity (Wildman–Crippen MR) is 72.3 cm³/mol. The lowest BCUT2D eigenvalue weighted by Gasteiger charge is -2.19. The van der Waals surface area contributed by atoms with Gasteiger partial charge in [0.25, 0.3) is 0 Å². The SMILES string of the molecule is CC1CCC(C(N)Cc2cc(F)cc(Br)c2)C1. The molecule has 0 aliphatic heterocycles. The molecule has 0 radical (unpaired) electrons. The summed E-state index contributed by atoms with van der Waals surface area (Å²) in [5.74, 6) is 1.21. The molecule has 1 nitrogen and oxygen atoms in total. The van der Waals surface area contributed by atoms with Crippen LogP contribution in [-0.4, -0.2) is 6.04 Å². The molecule has 1 aromatic carbocycles. The zero-order chi connectivity index (χ0) is 12.4. The third-order valence-electron chi connectivity index (χ3n) is 3.73. The Morgan fingerprint density at radius 3 is 2.76 bits per heavy atom. The Kier molecular flexibility index (Phi) is 4.21. The van der Waals surface area contributed by atoms with Gasteiger partial charge in [-0.25, -0.2) is 4.39 Å². The molecular weight excluding hydrogens is 281 g/mol. The van der Waals surface area contributed by atoms with Gasteiger partial charge < -0.3 is 5.73 Å². The van der Waals surface area contributed by atoms with Gasteiger partial charge in [-0.3, -0.25) is 0 Å². The fourth-order valence-corrected chi connectivity index (χ4v) is 3.32. The molecule has 2 N–H and O–H groups in total. The largest absolute Gasteiger partial charge is 0.327 e. The van der Waals surface area contributed by atoms with Crippen LogP contribution in [-0.2, 0) is 6.42 Å². The lowest BCUT2D eigenvalue weighted by atomic mass is 9.92. The van der Waals surface area contributed by atoms with Gasteiger partial charge in [0.15, 0.2) is 0 Å². The molecule has 0 heterocycles. The molecule has 1 aliphatic rings. The monoisotopic (exact) mass is 299 g/mol. The van der Waals surface area contributed by atoms with Crippen molar-refractivity contribution < 1.29 is 4.39 Å². The van der Waals surface area contributed by atoms with Crippen LogP contribution in [0.25, 0.3) is 0 Å². The highest BCUT2D eigenvalue weighted by molar-refractivity contribution is 9.10. The van der Waals surface area contributed by atoms with E-state index in [1.54, 1.807) is 6.07 Å². The maximum absolute atomic E-state index is 13.2. The van der Waals surface area contributed by atoms with E-state index >= 15 is 0 Å². The van der Waals surface area contributed by atoms with Crippen LogP contribution < -0.4 is 5.73 Å².